The molecule has 5 rings (SSSR count). The summed E-state index contributed by atoms with van der Waals surface area (Å²) in [6, 6.07) is 3.95. The summed E-state index contributed by atoms with van der Waals surface area (Å²) in [5.74, 6) is 0.786. The number of hydrogen-bond donors (Lipinski definition) is 0. The van der Waals surface area contributed by atoms with Crippen molar-refractivity contribution < 1.29 is 0 Å². The first kappa shape index (κ1) is 16.0. The fraction of sp³-hybridized carbons (Fsp3) is 0.211. The van der Waals surface area contributed by atoms with Gasteiger partial charge >= 0.3 is 0 Å². The molecule has 5 heterocycles. The van der Waals surface area contributed by atoms with Gasteiger partial charge in [-0.1, -0.05) is 0 Å². The van der Waals surface area contributed by atoms with Crippen LogP contribution in [-0.4, -0.2) is 18.9 Å². The standard InChI is InChI=1S/C19H15BrN4OS/c1-10-11(2)26-18-16(10)19(25)23-6-5-12(17(23)22-18)7-14-8-21-15-4-3-13(20)9-24(14)15/h3-4,7-9H,5-6H2,1-2H3/b12-7+. The molecular formula is C19H15BrN4OS. The van der Waals surface area contributed by atoms with E-state index in [0.29, 0.717) is 6.54 Å². The lowest BCUT2D eigenvalue weighted by atomic mass is 10.2. The van der Waals surface area contributed by atoms with E-state index in [1.54, 1.807) is 11.3 Å². The minimum absolute atomic E-state index is 0.0798. The fourth-order valence-electron chi connectivity index (χ4n) is 3.52. The molecule has 0 spiro atoms. The number of nitrogens with zero attached hydrogens (tertiary/aromatic N) is 4. The Morgan fingerprint density at radius 2 is 2.15 bits per heavy atom. The van der Waals surface area contributed by atoms with E-state index in [1.165, 1.54) is 0 Å². The van der Waals surface area contributed by atoms with E-state index in [2.05, 4.69) is 27.0 Å². The number of hydrogen-bond acceptors (Lipinski definition) is 4. The Labute approximate surface area is 161 Å². The van der Waals surface area contributed by atoms with E-state index in [0.717, 1.165) is 54.3 Å². The average Bonchev–Trinajstić information content (AvgIpc) is 3.27. The number of aryl methyl sites for hydroxylation is 2. The Balaban J connectivity index is 1.72. The summed E-state index contributed by atoms with van der Waals surface area (Å²) in [5.41, 5.74) is 4.09. The lowest BCUT2D eigenvalue weighted by molar-refractivity contribution is 0.726. The zero-order chi connectivity index (χ0) is 18.0. The molecule has 130 valence electrons. The average molecular weight is 427 g/mol. The van der Waals surface area contributed by atoms with E-state index < -0.39 is 0 Å². The number of pyridine rings is 1. The summed E-state index contributed by atoms with van der Waals surface area (Å²) in [7, 11) is 0. The van der Waals surface area contributed by atoms with Gasteiger partial charge in [-0.2, -0.15) is 0 Å². The molecule has 0 aliphatic carbocycles. The summed E-state index contributed by atoms with van der Waals surface area (Å²) in [4.78, 5) is 24.2. The van der Waals surface area contributed by atoms with Crippen LogP contribution in [0.25, 0.3) is 27.5 Å². The number of aromatic nitrogens is 4. The Morgan fingerprint density at radius 3 is 3.00 bits per heavy atom. The van der Waals surface area contributed by atoms with Crippen LogP contribution in [0, 0.1) is 13.8 Å². The second-order valence-electron chi connectivity index (χ2n) is 6.53. The first-order valence-corrected chi connectivity index (χ1v) is 9.98. The van der Waals surface area contributed by atoms with Crippen LogP contribution in [0.15, 0.2) is 33.8 Å². The van der Waals surface area contributed by atoms with Gasteiger partial charge in [0.2, 0.25) is 0 Å². The van der Waals surface area contributed by atoms with Crippen LogP contribution in [0.2, 0.25) is 0 Å². The number of imidazole rings is 1. The molecule has 0 N–H and O–H groups in total. The molecule has 0 fully saturated rings. The van der Waals surface area contributed by atoms with Crippen LogP contribution in [0.3, 0.4) is 0 Å². The molecule has 0 amide bonds. The third-order valence-electron chi connectivity index (χ3n) is 5.00. The van der Waals surface area contributed by atoms with Crippen LogP contribution in [0.4, 0.5) is 0 Å². The lowest BCUT2D eigenvalue weighted by Gasteiger charge is -2.04. The smallest absolute Gasteiger partial charge is 0.262 e. The molecule has 0 saturated heterocycles. The van der Waals surface area contributed by atoms with Crippen LogP contribution in [0.1, 0.15) is 28.4 Å². The van der Waals surface area contributed by atoms with Crippen LogP contribution < -0.4 is 5.56 Å². The molecule has 26 heavy (non-hydrogen) atoms. The first-order chi connectivity index (χ1) is 12.5. The van der Waals surface area contributed by atoms with Gasteiger partial charge in [-0.3, -0.25) is 13.8 Å². The van der Waals surface area contributed by atoms with E-state index >= 15 is 0 Å². The quantitative estimate of drug-likeness (QED) is 0.452. The van der Waals surface area contributed by atoms with Crippen LogP contribution in [-0.2, 0) is 6.54 Å². The summed E-state index contributed by atoms with van der Waals surface area (Å²) in [6.07, 6.45) is 6.75. The van der Waals surface area contributed by atoms with E-state index in [1.807, 2.05) is 47.3 Å². The minimum atomic E-state index is 0.0798. The number of thiophene rings is 1. The van der Waals surface area contributed by atoms with Crippen molar-refractivity contribution in [2.45, 2.75) is 26.8 Å². The summed E-state index contributed by atoms with van der Waals surface area (Å²) in [5, 5.41) is 0.774. The maximum atomic E-state index is 12.9. The Bertz CT molecular complexity index is 1290. The molecule has 0 bridgehead atoms. The predicted octanol–water partition coefficient (Wildman–Crippen LogP) is 4.43. The molecule has 0 atom stereocenters. The van der Waals surface area contributed by atoms with Crippen LogP contribution >= 0.6 is 27.3 Å². The maximum absolute atomic E-state index is 12.9. The van der Waals surface area contributed by atoms with E-state index in [-0.39, 0.29) is 5.56 Å². The van der Waals surface area contributed by atoms with Gasteiger partial charge in [0.1, 0.15) is 16.3 Å². The van der Waals surface area contributed by atoms with Gasteiger partial charge in [0.05, 0.1) is 17.3 Å². The van der Waals surface area contributed by atoms with Gasteiger partial charge in [0.25, 0.3) is 5.56 Å². The maximum Gasteiger partial charge on any atom is 0.262 e. The van der Waals surface area contributed by atoms with Crippen molar-refractivity contribution in [3.8, 4) is 0 Å². The molecule has 0 unspecified atom stereocenters. The van der Waals surface area contributed by atoms with Gasteiger partial charge in [-0.15, -0.1) is 11.3 Å². The predicted molar refractivity (Wildman–Crippen MR) is 109 cm³/mol. The number of fused-ring (bicyclic) bond motifs is 3. The molecule has 0 radical (unpaired) electrons. The van der Waals surface area contributed by atoms with E-state index in [9.17, 15) is 4.79 Å². The Morgan fingerprint density at radius 1 is 1.31 bits per heavy atom. The zero-order valence-corrected chi connectivity index (χ0v) is 16.7. The Kier molecular flexibility index (Phi) is 3.45. The van der Waals surface area contributed by atoms with Gasteiger partial charge in [0, 0.05) is 22.1 Å². The van der Waals surface area contributed by atoms with Gasteiger partial charge in [0.15, 0.2) is 0 Å². The molecule has 7 heteroatoms. The van der Waals surface area contributed by atoms with Crippen molar-refractivity contribution in [1.29, 1.82) is 0 Å². The summed E-state index contributed by atoms with van der Waals surface area (Å²) in [6.45, 7) is 4.73. The molecule has 1 aliphatic heterocycles. The Hall–Kier alpha value is -2.25. The largest absolute Gasteiger partial charge is 0.299 e. The third kappa shape index (κ3) is 2.23. The normalized spacial score (nSPS) is 15.4. The highest BCUT2D eigenvalue weighted by Gasteiger charge is 2.23. The second-order valence-corrected chi connectivity index (χ2v) is 8.65. The summed E-state index contributed by atoms with van der Waals surface area (Å²) < 4.78 is 4.84. The highest BCUT2D eigenvalue weighted by molar-refractivity contribution is 9.10. The van der Waals surface area contributed by atoms with Crippen molar-refractivity contribution in [1.82, 2.24) is 18.9 Å². The molecule has 4 aromatic rings. The SMILES string of the molecule is Cc1sc2nc3n(c(=O)c2c1C)CC/C3=C\c1cnc2ccc(Br)cn12. The lowest BCUT2D eigenvalue weighted by Crippen LogP contribution is -2.20. The molecule has 5 nitrogen and oxygen atoms in total. The molecule has 4 aromatic heterocycles. The zero-order valence-electron chi connectivity index (χ0n) is 14.3. The van der Waals surface area contributed by atoms with E-state index in [4.69, 9.17) is 4.98 Å². The van der Waals surface area contributed by atoms with Crippen molar-refractivity contribution in [2.75, 3.05) is 0 Å². The number of allylic oxidation sites excluding steroid dienone is 1. The highest BCUT2D eigenvalue weighted by atomic mass is 79.9. The minimum Gasteiger partial charge on any atom is -0.299 e. The fourth-order valence-corrected chi connectivity index (χ4v) is 4.88. The topological polar surface area (TPSA) is 52.2 Å². The molecule has 0 saturated carbocycles. The van der Waals surface area contributed by atoms with Crippen molar-refractivity contribution in [3.63, 3.8) is 0 Å². The molecule has 0 aromatic carbocycles. The van der Waals surface area contributed by atoms with Gasteiger partial charge in [-0.05, 0) is 65.5 Å². The van der Waals surface area contributed by atoms with Crippen LogP contribution in [0.5, 0.6) is 0 Å². The monoisotopic (exact) mass is 426 g/mol. The first-order valence-electron chi connectivity index (χ1n) is 8.37. The van der Waals surface area contributed by atoms with Gasteiger partial charge < -0.3 is 0 Å². The molecular weight excluding hydrogens is 412 g/mol. The van der Waals surface area contributed by atoms with Crippen molar-refractivity contribution >= 4 is 54.8 Å². The number of halogens is 1. The van der Waals surface area contributed by atoms with Crippen molar-refractivity contribution in [2.24, 2.45) is 0 Å². The highest BCUT2D eigenvalue weighted by Crippen LogP contribution is 2.32. The third-order valence-corrected chi connectivity index (χ3v) is 6.57. The second kappa shape index (κ2) is 5.62. The van der Waals surface area contributed by atoms with Gasteiger partial charge in [-0.25, -0.2) is 9.97 Å². The summed E-state index contributed by atoms with van der Waals surface area (Å²) >= 11 is 5.11. The van der Waals surface area contributed by atoms with Crippen molar-refractivity contribution in [3.05, 3.63) is 61.3 Å². The number of rotatable bonds is 1. The molecule has 1 aliphatic rings.